The van der Waals surface area contributed by atoms with Crippen LogP contribution >= 0.6 is 23.2 Å². The molecule has 156 valence electrons. The third-order valence-corrected chi connectivity index (χ3v) is 6.44. The maximum atomic E-state index is 10.2. The monoisotopic (exact) mass is 446 g/mol. The van der Waals surface area contributed by atoms with E-state index >= 15 is 0 Å². The molecule has 30 heavy (non-hydrogen) atoms. The lowest BCUT2D eigenvalue weighted by Crippen LogP contribution is -2.37. The van der Waals surface area contributed by atoms with Gasteiger partial charge in [0.05, 0.1) is 29.6 Å². The van der Waals surface area contributed by atoms with Crippen LogP contribution in [-0.4, -0.2) is 32.4 Å². The first kappa shape index (κ1) is 20.3. The lowest BCUT2D eigenvalue weighted by atomic mass is 9.77. The average Bonchev–Trinajstić information content (AvgIpc) is 3.39. The first-order valence-electron chi connectivity index (χ1n) is 10.3. The minimum atomic E-state index is -0.995. The molecule has 1 saturated carbocycles. The van der Waals surface area contributed by atoms with Gasteiger partial charge in [-0.05, 0) is 54.9 Å². The van der Waals surface area contributed by atoms with E-state index in [-0.39, 0.29) is 6.61 Å². The highest BCUT2D eigenvalue weighted by Gasteiger charge is 2.38. The molecule has 2 aromatic rings. The van der Waals surface area contributed by atoms with Crippen molar-refractivity contribution in [1.82, 2.24) is 0 Å². The van der Waals surface area contributed by atoms with E-state index in [1.807, 2.05) is 25.1 Å². The molecule has 0 saturated heterocycles. The molecule has 1 aliphatic carbocycles. The van der Waals surface area contributed by atoms with Crippen molar-refractivity contribution < 1.29 is 19.0 Å². The van der Waals surface area contributed by atoms with E-state index in [2.05, 4.69) is 10.6 Å². The Kier molecular flexibility index (Phi) is 5.54. The lowest BCUT2D eigenvalue weighted by molar-refractivity contribution is 0.266. The summed E-state index contributed by atoms with van der Waals surface area (Å²) in [5.41, 5.74) is 4.90. The second-order valence-electron chi connectivity index (χ2n) is 7.94. The Bertz CT molecular complexity index is 990. The number of benzene rings is 2. The number of nitrogens with one attached hydrogen (secondary N) is 2. The molecule has 2 heterocycles. The van der Waals surface area contributed by atoms with E-state index in [1.54, 1.807) is 0 Å². The SMILES string of the molecule is CCNc1cc2c(c(OB3OCc4cc(Cl)c(NCC5CC5)cc43)c1Cl)COB2O. The minimum absolute atomic E-state index is 0.229. The Morgan fingerprint density at radius 3 is 2.67 bits per heavy atom. The summed E-state index contributed by atoms with van der Waals surface area (Å²) < 4.78 is 17.6. The van der Waals surface area contributed by atoms with Crippen LogP contribution in [0.2, 0.25) is 10.0 Å². The molecule has 3 aliphatic rings. The summed E-state index contributed by atoms with van der Waals surface area (Å²) in [6, 6.07) is 5.75. The van der Waals surface area contributed by atoms with Gasteiger partial charge in [0.25, 0.3) is 0 Å². The Morgan fingerprint density at radius 2 is 1.90 bits per heavy atom. The molecule has 0 bridgehead atoms. The van der Waals surface area contributed by atoms with Gasteiger partial charge in [0.15, 0.2) is 0 Å². The molecule has 1 fully saturated rings. The van der Waals surface area contributed by atoms with E-state index in [0.29, 0.717) is 40.1 Å². The van der Waals surface area contributed by atoms with Crippen molar-refractivity contribution in [2.75, 3.05) is 23.7 Å². The molecule has 2 aliphatic heterocycles. The maximum Gasteiger partial charge on any atom is 0.563 e. The number of halogens is 2. The fourth-order valence-corrected chi connectivity index (χ4v) is 4.44. The van der Waals surface area contributed by atoms with E-state index in [4.69, 9.17) is 37.2 Å². The summed E-state index contributed by atoms with van der Waals surface area (Å²) in [6.07, 6.45) is 2.54. The van der Waals surface area contributed by atoms with Gasteiger partial charge >= 0.3 is 14.2 Å². The van der Waals surface area contributed by atoms with Crippen molar-refractivity contribution in [1.29, 1.82) is 0 Å². The van der Waals surface area contributed by atoms with Gasteiger partial charge in [-0.15, -0.1) is 0 Å². The zero-order valence-electron chi connectivity index (χ0n) is 16.6. The van der Waals surface area contributed by atoms with Gasteiger partial charge in [0.1, 0.15) is 10.8 Å². The molecule has 0 atom stereocenters. The molecule has 10 heteroatoms. The molecule has 0 radical (unpaired) electrons. The number of hydrogen-bond donors (Lipinski definition) is 3. The van der Waals surface area contributed by atoms with E-state index in [1.165, 1.54) is 12.8 Å². The summed E-state index contributed by atoms with van der Waals surface area (Å²) in [6.45, 7) is 4.23. The first-order chi connectivity index (χ1) is 14.5. The molecule has 3 N–H and O–H groups in total. The Morgan fingerprint density at radius 1 is 1.10 bits per heavy atom. The van der Waals surface area contributed by atoms with Gasteiger partial charge in [0, 0.05) is 24.1 Å². The molecule has 5 rings (SSSR count). The summed E-state index contributed by atoms with van der Waals surface area (Å²) in [5, 5.41) is 18.0. The fourth-order valence-electron chi connectivity index (χ4n) is 3.90. The van der Waals surface area contributed by atoms with Gasteiger partial charge < -0.3 is 29.6 Å². The largest absolute Gasteiger partial charge is 0.563 e. The standard InChI is InChI=1S/C20H22B2Cl2N2O4/c1-2-25-18-7-15-13(10-28-21(15)27)20(19(18)24)30-22-14-6-17(26-8-11-3-4-11)16(23)5-12(14)9-29-22/h5-7,11,25-27H,2-4,8-10H2,1H3. The summed E-state index contributed by atoms with van der Waals surface area (Å²) in [7, 11) is -1.61. The Balaban J connectivity index is 1.46. The van der Waals surface area contributed by atoms with Gasteiger partial charge in [-0.1, -0.05) is 23.2 Å². The van der Waals surface area contributed by atoms with Gasteiger partial charge in [-0.2, -0.15) is 0 Å². The van der Waals surface area contributed by atoms with Crippen molar-refractivity contribution in [3.8, 4) is 5.75 Å². The lowest BCUT2D eigenvalue weighted by Gasteiger charge is -2.19. The predicted molar refractivity (Wildman–Crippen MR) is 121 cm³/mol. The quantitative estimate of drug-likeness (QED) is 0.568. The van der Waals surface area contributed by atoms with Crippen LogP contribution in [-0.2, 0) is 22.5 Å². The third-order valence-electron chi connectivity index (χ3n) is 5.75. The molecule has 0 unspecified atom stereocenters. The summed E-state index contributed by atoms with van der Waals surface area (Å²) >= 11 is 13.1. The summed E-state index contributed by atoms with van der Waals surface area (Å²) in [5.74, 6) is 1.21. The maximum absolute atomic E-state index is 10.2. The normalized spacial score (nSPS) is 17.2. The fraction of sp³-hybridized carbons (Fsp3) is 0.400. The zero-order valence-corrected chi connectivity index (χ0v) is 18.1. The second kappa shape index (κ2) is 8.17. The van der Waals surface area contributed by atoms with E-state index in [9.17, 15) is 5.02 Å². The van der Waals surface area contributed by atoms with Crippen LogP contribution in [0, 0.1) is 5.92 Å². The van der Waals surface area contributed by atoms with Gasteiger partial charge in [0.2, 0.25) is 0 Å². The van der Waals surface area contributed by atoms with E-state index in [0.717, 1.165) is 34.7 Å². The molecular weight excluding hydrogens is 425 g/mol. The van der Waals surface area contributed by atoms with Crippen molar-refractivity contribution >= 4 is 59.7 Å². The molecule has 6 nitrogen and oxygen atoms in total. The van der Waals surface area contributed by atoms with Crippen molar-refractivity contribution in [2.45, 2.75) is 33.0 Å². The highest BCUT2D eigenvalue weighted by Crippen LogP contribution is 2.38. The van der Waals surface area contributed by atoms with Crippen LogP contribution in [0.1, 0.15) is 30.9 Å². The predicted octanol–water partition coefficient (Wildman–Crippen LogP) is 2.77. The molecule has 0 spiro atoms. The highest BCUT2D eigenvalue weighted by molar-refractivity contribution is 6.65. The highest BCUT2D eigenvalue weighted by atomic mass is 35.5. The van der Waals surface area contributed by atoms with Crippen LogP contribution in [0.25, 0.3) is 0 Å². The smallest absolute Gasteiger partial charge is 0.531 e. The molecule has 0 amide bonds. The second-order valence-corrected chi connectivity index (χ2v) is 8.73. The number of rotatable bonds is 7. The molecule has 0 aromatic heterocycles. The molecule has 2 aromatic carbocycles. The number of anilines is 2. The zero-order chi connectivity index (χ0) is 20.8. The van der Waals surface area contributed by atoms with Crippen LogP contribution in [0.5, 0.6) is 5.75 Å². The topological polar surface area (TPSA) is 72.0 Å². The van der Waals surface area contributed by atoms with Crippen LogP contribution in [0.3, 0.4) is 0 Å². The van der Waals surface area contributed by atoms with Gasteiger partial charge in [-0.3, -0.25) is 0 Å². The van der Waals surface area contributed by atoms with Crippen molar-refractivity contribution in [3.63, 3.8) is 0 Å². The van der Waals surface area contributed by atoms with Crippen LogP contribution in [0.15, 0.2) is 18.2 Å². The number of fused-ring (bicyclic) bond motifs is 2. The van der Waals surface area contributed by atoms with E-state index < -0.39 is 14.2 Å². The Hall–Kier alpha value is -1.57. The van der Waals surface area contributed by atoms with Gasteiger partial charge in [-0.25, -0.2) is 0 Å². The van der Waals surface area contributed by atoms with Crippen molar-refractivity contribution in [3.05, 3.63) is 39.4 Å². The number of hydrogen-bond acceptors (Lipinski definition) is 6. The average molecular weight is 447 g/mol. The first-order valence-corrected chi connectivity index (χ1v) is 11.0. The Labute approximate surface area is 186 Å². The molecular formula is C20H22B2Cl2N2O4. The van der Waals surface area contributed by atoms with Crippen LogP contribution < -0.4 is 26.2 Å². The minimum Gasteiger partial charge on any atom is -0.531 e. The van der Waals surface area contributed by atoms with Crippen LogP contribution in [0.4, 0.5) is 11.4 Å². The third kappa shape index (κ3) is 3.76. The van der Waals surface area contributed by atoms with Crippen molar-refractivity contribution in [2.24, 2.45) is 5.92 Å². The summed E-state index contributed by atoms with van der Waals surface area (Å²) in [4.78, 5) is 0.